The average Bonchev–Trinajstić information content (AvgIpc) is 2.39. The maximum absolute atomic E-state index is 11.8. The van der Waals surface area contributed by atoms with Gasteiger partial charge in [-0.05, 0) is 24.7 Å². The van der Waals surface area contributed by atoms with Crippen molar-refractivity contribution < 1.29 is 9.59 Å². The van der Waals surface area contributed by atoms with Gasteiger partial charge in [0.25, 0.3) is 0 Å². The van der Waals surface area contributed by atoms with E-state index in [0.29, 0.717) is 11.8 Å². The van der Waals surface area contributed by atoms with E-state index in [1.165, 1.54) is 6.42 Å². The zero-order chi connectivity index (χ0) is 11.7. The lowest BCUT2D eigenvalue weighted by Gasteiger charge is -2.36. The minimum atomic E-state index is -0.321. The summed E-state index contributed by atoms with van der Waals surface area (Å²) in [4.78, 5) is 23.2. The summed E-state index contributed by atoms with van der Waals surface area (Å²) in [6.07, 6.45) is 4.28. The van der Waals surface area contributed by atoms with E-state index in [9.17, 15) is 9.59 Å². The molecule has 1 saturated heterocycles. The first-order valence-corrected chi connectivity index (χ1v) is 6.21. The number of hydrogen-bond acceptors (Lipinski definition) is 2. The number of carbonyl (C=O) groups excluding carboxylic acids is 2. The molecule has 1 heterocycles. The Labute approximate surface area is 96.2 Å². The van der Waals surface area contributed by atoms with Gasteiger partial charge in [0.1, 0.15) is 0 Å². The number of imide groups is 1. The molecule has 1 saturated carbocycles. The van der Waals surface area contributed by atoms with Gasteiger partial charge < -0.3 is 5.32 Å². The molecule has 3 amide bonds. The Morgan fingerprint density at radius 3 is 2.56 bits per heavy atom. The first-order chi connectivity index (χ1) is 7.59. The van der Waals surface area contributed by atoms with E-state index in [-0.39, 0.29) is 23.9 Å². The summed E-state index contributed by atoms with van der Waals surface area (Å²) in [5.74, 6) is 0.841. The third-order valence-corrected chi connectivity index (χ3v) is 3.92. The van der Waals surface area contributed by atoms with Crippen molar-refractivity contribution in [3.63, 3.8) is 0 Å². The van der Waals surface area contributed by atoms with Crippen LogP contribution in [0.5, 0.6) is 0 Å². The number of nitrogens with one attached hydrogen (secondary N) is 2. The molecule has 0 bridgehead atoms. The summed E-state index contributed by atoms with van der Waals surface area (Å²) in [7, 11) is 0. The number of fused-ring (bicyclic) bond motifs is 1. The van der Waals surface area contributed by atoms with Gasteiger partial charge in [0.05, 0.1) is 5.92 Å². The topological polar surface area (TPSA) is 58.2 Å². The fourth-order valence-corrected chi connectivity index (χ4v) is 3.04. The van der Waals surface area contributed by atoms with Gasteiger partial charge in [0, 0.05) is 6.04 Å². The Kier molecular flexibility index (Phi) is 3.17. The highest BCUT2D eigenvalue weighted by Crippen LogP contribution is 2.34. The number of urea groups is 1. The van der Waals surface area contributed by atoms with E-state index in [1.54, 1.807) is 0 Å². The third-order valence-electron chi connectivity index (χ3n) is 3.92. The highest BCUT2D eigenvalue weighted by Gasteiger charge is 2.41. The predicted molar refractivity (Wildman–Crippen MR) is 60.7 cm³/mol. The lowest BCUT2D eigenvalue weighted by Crippen LogP contribution is -2.60. The van der Waals surface area contributed by atoms with Crippen LogP contribution in [0.2, 0.25) is 0 Å². The molecule has 90 valence electrons. The smallest absolute Gasteiger partial charge is 0.321 e. The molecular weight excluding hydrogens is 204 g/mol. The lowest BCUT2D eigenvalue weighted by atomic mass is 9.79. The third kappa shape index (κ3) is 2.06. The molecule has 1 aliphatic heterocycles. The summed E-state index contributed by atoms with van der Waals surface area (Å²) in [5, 5.41) is 5.33. The molecule has 1 aliphatic carbocycles. The summed E-state index contributed by atoms with van der Waals surface area (Å²) < 4.78 is 0. The largest absolute Gasteiger partial charge is 0.334 e. The van der Waals surface area contributed by atoms with Crippen molar-refractivity contribution in [1.29, 1.82) is 0 Å². The normalized spacial score (nSPS) is 35.1. The van der Waals surface area contributed by atoms with E-state index < -0.39 is 0 Å². The van der Waals surface area contributed by atoms with Gasteiger partial charge in [0.2, 0.25) is 5.91 Å². The molecule has 0 aromatic rings. The monoisotopic (exact) mass is 224 g/mol. The second kappa shape index (κ2) is 4.44. The molecule has 0 aromatic heterocycles. The molecule has 2 N–H and O–H groups in total. The van der Waals surface area contributed by atoms with Crippen LogP contribution in [0.3, 0.4) is 0 Å². The Bertz CT molecular complexity index is 301. The molecule has 3 unspecified atom stereocenters. The van der Waals surface area contributed by atoms with Crippen molar-refractivity contribution in [3.05, 3.63) is 0 Å². The predicted octanol–water partition coefficient (Wildman–Crippen LogP) is 1.66. The molecule has 3 atom stereocenters. The Balaban J connectivity index is 2.22. The van der Waals surface area contributed by atoms with Crippen LogP contribution >= 0.6 is 0 Å². The number of rotatable bonds is 1. The van der Waals surface area contributed by atoms with Gasteiger partial charge in [-0.15, -0.1) is 0 Å². The van der Waals surface area contributed by atoms with Crippen molar-refractivity contribution in [2.75, 3.05) is 0 Å². The van der Waals surface area contributed by atoms with Gasteiger partial charge in [-0.1, -0.05) is 26.7 Å². The summed E-state index contributed by atoms with van der Waals surface area (Å²) in [6, 6.07) is -0.275. The molecule has 2 aliphatic rings. The summed E-state index contributed by atoms with van der Waals surface area (Å²) >= 11 is 0. The quantitative estimate of drug-likeness (QED) is 0.711. The highest BCUT2D eigenvalue weighted by atomic mass is 16.2. The summed E-state index contributed by atoms with van der Waals surface area (Å²) in [6.45, 7) is 4.34. The van der Waals surface area contributed by atoms with Crippen LogP contribution in [-0.2, 0) is 4.79 Å². The Hall–Kier alpha value is -1.06. The number of carbonyl (C=O) groups is 2. The summed E-state index contributed by atoms with van der Waals surface area (Å²) in [5.41, 5.74) is 0. The van der Waals surface area contributed by atoms with Gasteiger partial charge in [-0.3, -0.25) is 10.1 Å². The molecule has 0 spiro atoms. The van der Waals surface area contributed by atoms with Crippen LogP contribution in [0.4, 0.5) is 4.79 Å². The maximum Gasteiger partial charge on any atom is 0.321 e. The van der Waals surface area contributed by atoms with Gasteiger partial charge in [-0.25, -0.2) is 4.79 Å². The molecule has 4 heteroatoms. The van der Waals surface area contributed by atoms with E-state index in [2.05, 4.69) is 24.5 Å². The minimum Gasteiger partial charge on any atom is -0.334 e. The molecule has 0 aromatic carbocycles. The fourth-order valence-electron chi connectivity index (χ4n) is 3.04. The van der Waals surface area contributed by atoms with Crippen LogP contribution in [0.1, 0.15) is 39.5 Å². The van der Waals surface area contributed by atoms with Crippen LogP contribution in [0.25, 0.3) is 0 Å². The second-order valence-corrected chi connectivity index (χ2v) is 5.29. The molecule has 0 radical (unpaired) electrons. The Morgan fingerprint density at radius 2 is 1.88 bits per heavy atom. The van der Waals surface area contributed by atoms with E-state index >= 15 is 0 Å². The first kappa shape index (κ1) is 11.4. The van der Waals surface area contributed by atoms with Crippen molar-refractivity contribution in [3.8, 4) is 0 Å². The molecule has 16 heavy (non-hydrogen) atoms. The SMILES string of the molecule is CC(C)C1CCCCC2C(=O)NC(=O)NC21. The molecule has 2 fully saturated rings. The van der Waals surface area contributed by atoms with Gasteiger partial charge in [0.15, 0.2) is 0 Å². The van der Waals surface area contributed by atoms with E-state index in [1.807, 2.05) is 0 Å². The zero-order valence-corrected chi connectivity index (χ0v) is 9.95. The minimum absolute atomic E-state index is 0.0207. The zero-order valence-electron chi connectivity index (χ0n) is 9.95. The fraction of sp³-hybridized carbons (Fsp3) is 0.833. The van der Waals surface area contributed by atoms with Crippen LogP contribution in [0.15, 0.2) is 0 Å². The van der Waals surface area contributed by atoms with Crippen molar-refractivity contribution >= 4 is 11.9 Å². The van der Waals surface area contributed by atoms with Crippen LogP contribution in [0, 0.1) is 17.8 Å². The standard InChI is InChI=1S/C12H20N2O2/c1-7(2)8-5-3-4-6-9-10(8)13-12(16)14-11(9)15/h7-10H,3-6H2,1-2H3,(H2,13,14,15,16). The molecular formula is C12H20N2O2. The lowest BCUT2D eigenvalue weighted by molar-refractivity contribution is -0.126. The van der Waals surface area contributed by atoms with Crippen molar-refractivity contribution in [2.45, 2.75) is 45.6 Å². The van der Waals surface area contributed by atoms with Gasteiger partial charge >= 0.3 is 6.03 Å². The second-order valence-electron chi connectivity index (χ2n) is 5.29. The van der Waals surface area contributed by atoms with E-state index in [0.717, 1.165) is 19.3 Å². The van der Waals surface area contributed by atoms with Crippen molar-refractivity contribution in [2.24, 2.45) is 17.8 Å². The number of amides is 3. The first-order valence-electron chi connectivity index (χ1n) is 6.21. The molecule has 2 rings (SSSR count). The Morgan fingerprint density at radius 1 is 1.19 bits per heavy atom. The average molecular weight is 224 g/mol. The van der Waals surface area contributed by atoms with Crippen LogP contribution < -0.4 is 10.6 Å². The van der Waals surface area contributed by atoms with Gasteiger partial charge in [-0.2, -0.15) is 0 Å². The molecule has 4 nitrogen and oxygen atoms in total. The van der Waals surface area contributed by atoms with E-state index in [4.69, 9.17) is 0 Å². The van der Waals surface area contributed by atoms with Crippen LogP contribution in [-0.4, -0.2) is 18.0 Å². The maximum atomic E-state index is 11.8. The van der Waals surface area contributed by atoms with Crippen molar-refractivity contribution in [1.82, 2.24) is 10.6 Å². The highest BCUT2D eigenvalue weighted by molar-refractivity contribution is 5.98. The number of hydrogen-bond donors (Lipinski definition) is 2.